The minimum atomic E-state index is -0.488. The maximum absolute atomic E-state index is 12.5. The molecule has 0 radical (unpaired) electrons. The largest absolute Gasteiger partial charge is 0.497 e. The van der Waals surface area contributed by atoms with Gasteiger partial charge in [-0.2, -0.15) is 5.10 Å². The van der Waals surface area contributed by atoms with Gasteiger partial charge in [-0.1, -0.05) is 12.1 Å². The highest BCUT2D eigenvalue weighted by Gasteiger charge is 2.34. The molecule has 2 heterocycles. The monoisotopic (exact) mass is 343 g/mol. The van der Waals surface area contributed by atoms with Gasteiger partial charge in [0.15, 0.2) is 0 Å². The number of aromatic nitrogens is 2. The maximum atomic E-state index is 12.5. The van der Waals surface area contributed by atoms with Gasteiger partial charge in [-0.15, -0.1) is 0 Å². The predicted molar refractivity (Wildman–Crippen MR) is 94.4 cm³/mol. The quantitative estimate of drug-likeness (QED) is 0.837. The summed E-state index contributed by atoms with van der Waals surface area (Å²) in [5, 5.41) is 17.4. The Kier molecular flexibility index (Phi) is 5.38. The summed E-state index contributed by atoms with van der Waals surface area (Å²) in [4.78, 5) is 14.3. The summed E-state index contributed by atoms with van der Waals surface area (Å²) in [6.07, 6.45) is 1.31. The highest BCUT2D eigenvalue weighted by Crippen LogP contribution is 2.22. The summed E-state index contributed by atoms with van der Waals surface area (Å²) >= 11 is 0. The lowest BCUT2D eigenvalue weighted by Gasteiger charge is -2.16. The number of hydrogen-bond acceptors (Lipinski definition) is 4. The summed E-state index contributed by atoms with van der Waals surface area (Å²) < 4.78 is 5.21. The van der Waals surface area contributed by atoms with Crippen molar-refractivity contribution < 1.29 is 14.6 Å². The molecule has 3 rings (SSSR count). The van der Waals surface area contributed by atoms with Gasteiger partial charge < -0.3 is 14.7 Å². The summed E-state index contributed by atoms with van der Waals surface area (Å²) in [7, 11) is 1.64. The van der Waals surface area contributed by atoms with E-state index in [1.165, 1.54) is 0 Å². The number of ether oxygens (including phenoxy) is 1. The van der Waals surface area contributed by atoms with E-state index in [-0.39, 0.29) is 11.8 Å². The molecule has 25 heavy (non-hydrogen) atoms. The zero-order valence-electron chi connectivity index (χ0n) is 14.7. The summed E-state index contributed by atoms with van der Waals surface area (Å²) in [5.74, 6) is 0.932. The van der Waals surface area contributed by atoms with E-state index in [1.54, 1.807) is 12.0 Å². The molecule has 1 aromatic carbocycles. The first-order chi connectivity index (χ1) is 12.0. The van der Waals surface area contributed by atoms with Crippen LogP contribution in [0.2, 0.25) is 0 Å². The molecule has 134 valence electrons. The van der Waals surface area contributed by atoms with Gasteiger partial charge in [-0.3, -0.25) is 9.89 Å². The van der Waals surface area contributed by atoms with Gasteiger partial charge >= 0.3 is 0 Å². The van der Waals surface area contributed by atoms with Crippen molar-refractivity contribution in [3.05, 3.63) is 47.3 Å². The van der Waals surface area contributed by atoms with Crippen LogP contribution in [0.5, 0.6) is 5.75 Å². The lowest BCUT2D eigenvalue weighted by atomic mass is 10.0. The van der Waals surface area contributed by atoms with Gasteiger partial charge in [0.2, 0.25) is 5.91 Å². The summed E-state index contributed by atoms with van der Waals surface area (Å²) in [6, 6.07) is 9.76. The summed E-state index contributed by atoms with van der Waals surface area (Å²) in [5.41, 5.74) is 3.02. The van der Waals surface area contributed by atoms with Gasteiger partial charge in [-0.05, 0) is 43.5 Å². The smallest absolute Gasteiger partial charge is 0.223 e. The number of nitrogens with zero attached hydrogens (tertiary/aromatic N) is 2. The number of nitrogens with one attached hydrogen (secondary N) is 1. The summed E-state index contributed by atoms with van der Waals surface area (Å²) in [6.45, 7) is 2.95. The Hall–Kier alpha value is -2.34. The third kappa shape index (κ3) is 4.39. The fraction of sp³-hybridized carbons (Fsp3) is 0.474. The van der Waals surface area contributed by atoms with Gasteiger partial charge in [0, 0.05) is 31.1 Å². The number of carbonyl (C=O) groups is 1. The molecule has 1 amide bonds. The Balaban J connectivity index is 1.52. The van der Waals surface area contributed by atoms with E-state index in [0.29, 0.717) is 32.4 Å². The van der Waals surface area contributed by atoms with Crippen molar-refractivity contribution in [1.29, 1.82) is 0 Å². The molecule has 6 nitrogen and oxygen atoms in total. The number of aliphatic hydroxyl groups excluding tert-OH is 1. The Bertz CT molecular complexity index is 728. The molecule has 0 aliphatic carbocycles. The van der Waals surface area contributed by atoms with Crippen LogP contribution in [0, 0.1) is 12.8 Å². The molecule has 1 fully saturated rings. The third-order valence-electron chi connectivity index (χ3n) is 4.75. The van der Waals surface area contributed by atoms with Crippen LogP contribution in [0.25, 0.3) is 0 Å². The van der Waals surface area contributed by atoms with E-state index >= 15 is 0 Å². The number of aryl methyl sites for hydroxylation is 2. The number of aromatic amines is 1. The zero-order valence-corrected chi connectivity index (χ0v) is 14.7. The van der Waals surface area contributed by atoms with Crippen LogP contribution < -0.4 is 4.74 Å². The van der Waals surface area contributed by atoms with Crippen LogP contribution in [0.1, 0.15) is 23.4 Å². The second-order valence-corrected chi connectivity index (χ2v) is 6.72. The molecule has 0 bridgehead atoms. The molecule has 2 atom stereocenters. The predicted octanol–water partition coefficient (Wildman–Crippen LogP) is 1.72. The fourth-order valence-corrected chi connectivity index (χ4v) is 3.34. The third-order valence-corrected chi connectivity index (χ3v) is 4.75. The second kappa shape index (κ2) is 7.70. The van der Waals surface area contributed by atoms with Crippen molar-refractivity contribution in [1.82, 2.24) is 15.1 Å². The Morgan fingerprint density at radius 3 is 2.96 bits per heavy atom. The van der Waals surface area contributed by atoms with E-state index in [2.05, 4.69) is 10.2 Å². The van der Waals surface area contributed by atoms with E-state index in [4.69, 9.17) is 4.74 Å². The van der Waals surface area contributed by atoms with E-state index in [1.807, 2.05) is 37.3 Å². The Labute approximate surface area is 147 Å². The topological polar surface area (TPSA) is 78.5 Å². The van der Waals surface area contributed by atoms with Crippen LogP contribution in [0.4, 0.5) is 0 Å². The fourth-order valence-electron chi connectivity index (χ4n) is 3.34. The van der Waals surface area contributed by atoms with Crippen LogP contribution >= 0.6 is 0 Å². The zero-order chi connectivity index (χ0) is 17.8. The molecule has 6 heteroatoms. The van der Waals surface area contributed by atoms with Crippen LogP contribution in [0.15, 0.2) is 30.3 Å². The standard InChI is InChI=1S/C19H25N3O3/c1-13-8-16(21-20-13)10-15-11-22(12-18(15)23)19(24)7-6-14-4-3-5-17(9-14)25-2/h3-5,8-9,15,18,23H,6-7,10-12H2,1-2H3,(H,20,21)/t15-,18-/m1/s1. The average Bonchev–Trinajstić information content (AvgIpc) is 3.19. The molecule has 0 unspecified atom stereocenters. The van der Waals surface area contributed by atoms with Crippen molar-refractivity contribution in [2.45, 2.75) is 32.3 Å². The molecule has 2 N–H and O–H groups in total. The van der Waals surface area contributed by atoms with Crippen molar-refractivity contribution >= 4 is 5.91 Å². The van der Waals surface area contributed by atoms with E-state index in [0.717, 1.165) is 22.7 Å². The molecule has 2 aromatic rings. The number of β-amino-alcohol motifs (C(OH)–C–C–N with tert-alkyl or cyclic N) is 1. The van der Waals surface area contributed by atoms with Gasteiger partial charge in [0.25, 0.3) is 0 Å². The van der Waals surface area contributed by atoms with Gasteiger partial charge in [-0.25, -0.2) is 0 Å². The Morgan fingerprint density at radius 2 is 2.24 bits per heavy atom. The number of rotatable bonds is 6. The first-order valence-corrected chi connectivity index (χ1v) is 8.65. The first kappa shape index (κ1) is 17.5. The number of likely N-dealkylation sites (tertiary alicyclic amines) is 1. The number of H-pyrrole nitrogens is 1. The van der Waals surface area contributed by atoms with Crippen LogP contribution in [-0.4, -0.2) is 52.4 Å². The Morgan fingerprint density at radius 1 is 1.40 bits per heavy atom. The van der Waals surface area contributed by atoms with Crippen molar-refractivity contribution in [3.8, 4) is 5.75 Å². The number of amides is 1. The maximum Gasteiger partial charge on any atom is 0.223 e. The second-order valence-electron chi connectivity index (χ2n) is 6.72. The minimum Gasteiger partial charge on any atom is -0.497 e. The normalized spacial score (nSPS) is 20.0. The molecule has 1 saturated heterocycles. The molecule has 1 aliphatic heterocycles. The number of benzene rings is 1. The lowest BCUT2D eigenvalue weighted by Crippen LogP contribution is -2.29. The SMILES string of the molecule is COc1cccc(CCC(=O)N2C[C@@H](Cc3cc(C)[nH]n3)[C@H](O)C2)c1. The molecule has 1 aliphatic rings. The van der Waals surface area contributed by atoms with Crippen molar-refractivity contribution in [2.75, 3.05) is 20.2 Å². The molecule has 0 saturated carbocycles. The molecular weight excluding hydrogens is 318 g/mol. The molecule has 0 spiro atoms. The van der Waals surface area contributed by atoms with E-state index in [9.17, 15) is 9.90 Å². The highest BCUT2D eigenvalue weighted by atomic mass is 16.5. The number of carbonyl (C=O) groups excluding carboxylic acids is 1. The minimum absolute atomic E-state index is 0.0449. The van der Waals surface area contributed by atoms with Crippen molar-refractivity contribution in [3.63, 3.8) is 0 Å². The van der Waals surface area contributed by atoms with Gasteiger partial charge in [0.1, 0.15) is 5.75 Å². The molecular formula is C19H25N3O3. The first-order valence-electron chi connectivity index (χ1n) is 8.65. The van der Waals surface area contributed by atoms with Crippen LogP contribution in [0.3, 0.4) is 0 Å². The average molecular weight is 343 g/mol. The van der Waals surface area contributed by atoms with Crippen LogP contribution in [-0.2, 0) is 17.6 Å². The van der Waals surface area contributed by atoms with Crippen molar-refractivity contribution in [2.24, 2.45) is 5.92 Å². The number of aliphatic hydroxyl groups is 1. The molecule has 1 aromatic heterocycles. The lowest BCUT2D eigenvalue weighted by molar-refractivity contribution is -0.130. The highest BCUT2D eigenvalue weighted by molar-refractivity contribution is 5.76. The number of methoxy groups -OCH3 is 1. The van der Waals surface area contributed by atoms with Gasteiger partial charge in [0.05, 0.1) is 18.9 Å². The number of hydrogen-bond donors (Lipinski definition) is 2. The van der Waals surface area contributed by atoms with E-state index < -0.39 is 6.10 Å².